The Kier molecular flexibility index (Phi) is 5.31. The van der Waals surface area contributed by atoms with Gasteiger partial charge in [0.1, 0.15) is 0 Å². The minimum atomic E-state index is 1.18. The number of fused-ring (bicyclic) bond motifs is 3. The third-order valence-electron chi connectivity index (χ3n) is 9.63. The summed E-state index contributed by atoms with van der Waals surface area (Å²) in [4.78, 5) is 0. The first-order valence-electron chi connectivity index (χ1n) is 15.4. The normalized spacial score (nSPS) is 12.0. The molecule has 1 aromatic heterocycles. The summed E-state index contributed by atoms with van der Waals surface area (Å²) in [6.07, 6.45) is 0. The lowest BCUT2D eigenvalue weighted by molar-refractivity contribution is 1.18. The van der Waals surface area contributed by atoms with E-state index in [-0.39, 0.29) is 0 Å². The van der Waals surface area contributed by atoms with Crippen LogP contribution in [0, 0.1) is 20.8 Å². The number of aryl methyl sites for hydroxylation is 3. The number of aromatic nitrogens is 1. The molecule has 0 aliphatic carbocycles. The predicted octanol–water partition coefficient (Wildman–Crippen LogP) is 11.9. The summed E-state index contributed by atoms with van der Waals surface area (Å²) in [5.41, 5.74) is 12.8. The first-order chi connectivity index (χ1) is 21.6. The van der Waals surface area contributed by atoms with Crippen molar-refractivity contribution in [2.75, 3.05) is 0 Å². The van der Waals surface area contributed by atoms with Crippen LogP contribution in [-0.4, -0.2) is 4.57 Å². The highest BCUT2D eigenvalue weighted by atomic mass is 15.0. The van der Waals surface area contributed by atoms with Crippen LogP contribution in [-0.2, 0) is 0 Å². The van der Waals surface area contributed by atoms with Crippen LogP contribution in [0.3, 0.4) is 0 Å². The van der Waals surface area contributed by atoms with E-state index >= 15 is 0 Å². The van der Waals surface area contributed by atoms with Gasteiger partial charge in [-0.15, -0.1) is 0 Å². The Balaban J connectivity index is 1.24. The van der Waals surface area contributed by atoms with E-state index in [9.17, 15) is 0 Å². The summed E-state index contributed by atoms with van der Waals surface area (Å²) in [6, 6.07) is 49.6. The Hall–Kier alpha value is -5.40. The summed E-state index contributed by atoms with van der Waals surface area (Å²) >= 11 is 0. The molecule has 0 fully saturated rings. The zero-order valence-corrected chi connectivity index (χ0v) is 25.1. The van der Waals surface area contributed by atoms with E-state index in [0.29, 0.717) is 0 Å². The molecule has 0 atom stereocenters. The van der Waals surface area contributed by atoms with E-state index in [1.165, 1.54) is 98.8 Å². The maximum Gasteiger partial charge on any atom is 0.0541 e. The van der Waals surface area contributed by atoms with Crippen LogP contribution < -0.4 is 0 Å². The molecule has 0 saturated heterocycles. The van der Waals surface area contributed by atoms with Crippen LogP contribution in [0.4, 0.5) is 0 Å². The lowest BCUT2D eigenvalue weighted by Crippen LogP contribution is -1.94. The fourth-order valence-corrected chi connectivity index (χ4v) is 7.87. The molecule has 0 spiro atoms. The average Bonchev–Trinajstić information content (AvgIpc) is 3.38. The Bertz CT molecular complexity index is 2490. The van der Waals surface area contributed by atoms with Gasteiger partial charge in [-0.2, -0.15) is 0 Å². The van der Waals surface area contributed by atoms with Gasteiger partial charge < -0.3 is 4.57 Å². The Morgan fingerprint density at radius 1 is 0.432 bits per heavy atom. The molecule has 9 rings (SSSR count). The number of para-hydroxylation sites is 2. The SMILES string of the molecule is Cc1cc(C)c(-c2ccc3ccc4c(-c5ccc(-n6c7ccccc7c7ccccc76)cc5)ccc5ccc2c3c54)c(C)c1. The molecule has 0 aliphatic rings. The maximum absolute atomic E-state index is 2.38. The number of hydrogen-bond acceptors (Lipinski definition) is 0. The van der Waals surface area contributed by atoms with Crippen molar-refractivity contribution in [3.8, 4) is 27.9 Å². The van der Waals surface area contributed by atoms with Crippen molar-refractivity contribution in [1.82, 2.24) is 4.57 Å². The smallest absolute Gasteiger partial charge is 0.0541 e. The zero-order chi connectivity index (χ0) is 29.5. The second kappa shape index (κ2) is 9.30. The monoisotopic (exact) mass is 561 g/mol. The lowest BCUT2D eigenvalue weighted by atomic mass is 9.85. The van der Waals surface area contributed by atoms with E-state index in [1.807, 2.05) is 0 Å². The summed E-state index contributed by atoms with van der Waals surface area (Å²) in [6.45, 7) is 6.67. The highest BCUT2D eigenvalue weighted by molar-refractivity contribution is 6.27. The molecule has 9 aromatic rings. The number of benzene rings is 8. The van der Waals surface area contributed by atoms with Crippen molar-refractivity contribution < 1.29 is 0 Å². The largest absolute Gasteiger partial charge is 0.309 e. The molecule has 8 aromatic carbocycles. The van der Waals surface area contributed by atoms with Crippen LogP contribution in [0.1, 0.15) is 16.7 Å². The summed E-state index contributed by atoms with van der Waals surface area (Å²) in [5.74, 6) is 0. The Morgan fingerprint density at radius 2 is 0.932 bits per heavy atom. The molecule has 0 bridgehead atoms. The second-order valence-electron chi connectivity index (χ2n) is 12.3. The standard InChI is InChI=1S/C43H31N/c1-26-24-27(2)41(28(3)25-26)37-22-16-31-15-21-36-33(20-14-30-17-23-38(37)43(31)42(30)36)29-12-18-32(19-13-29)44-39-10-6-4-8-34(39)35-9-5-7-11-40(35)44/h4-25H,1-3H3. The third kappa shape index (κ3) is 3.53. The van der Waals surface area contributed by atoms with Gasteiger partial charge in [0, 0.05) is 16.5 Å². The van der Waals surface area contributed by atoms with Gasteiger partial charge in [-0.1, -0.05) is 115 Å². The van der Waals surface area contributed by atoms with Crippen molar-refractivity contribution in [1.29, 1.82) is 0 Å². The van der Waals surface area contributed by atoms with Crippen LogP contribution in [0.2, 0.25) is 0 Å². The van der Waals surface area contributed by atoms with Gasteiger partial charge >= 0.3 is 0 Å². The summed E-state index contributed by atoms with van der Waals surface area (Å²) in [7, 11) is 0. The zero-order valence-electron chi connectivity index (χ0n) is 25.1. The molecule has 44 heavy (non-hydrogen) atoms. The lowest BCUT2D eigenvalue weighted by Gasteiger charge is -2.19. The van der Waals surface area contributed by atoms with Gasteiger partial charge in [0.2, 0.25) is 0 Å². The molecule has 208 valence electrons. The molecule has 1 heterocycles. The van der Waals surface area contributed by atoms with Gasteiger partial charge in [0.15, 0.2) is 0 Å². The van der Waals surface area contributed by atoms with Gasteiger partial charge in [0.25, 0.3) is 0 Å². The third-order valence-corrected chi connectivity index (χ3v) is 9.63. The number of rotatable bonds is 3. The van der Waals surface area contributed by atoms with Gasteiger partial charge in [-0.25, -0.2) is 0 Å². The van der Waals surface area contributed by atoms with Crippen molar-refractivity contribution in [3.63, 3.8) is 0 Å². The number of hydrogen-bond donors (Lipinski definition) is 0. The van der Waals surface area contributed by atoms with Crippen molar-refractivity contribution >= 4 is 54.1 Å². The minimum absolute atomic E-state index is 1.18. The highest BCUT2D eigenvalue weighted by Gasteiger charge is 2.17. The molecular formula is C43H31N. The maximum atomic E-state index is 2.38. The van der Waals surface area contributed by atoms with Crippen molar-refractivity contribution in [2.45, 2.75) is 20.8 Å². The van der Waals surface area contributed by atoms with E-state index in [1.54, 1.807) is 0 Å². The van der Waals surface area contributed by atoms with E-state index in [2.05, 4.69) is 159 Å². The molecular weight excluding hydrogens is 530 g/mol. The molecule has 0 N–H and O–H groups in total. The minimum Gasteiger partial charge on any atom is -0.309 e. The van der Waals surface area contributed by atoms with E-state index < -0.39 is 0 Å². The van der Waals surface area contributed by atoms with Crippen LogP contribution in [0.15, 0.2) is 133 Å². The van der Waals surface area contributed by atoms with Crippen molar-refractivity contribution in [3.05, 3.63) is 150 Å². The van der Waals surface area contributed by atoms with Crippen molar-refractivity contribution in [2.24, 2.45) is 0 Å². The Morgan fingerprint density at radius 3 is 1.52 bits per heavy atom. The molecule has 0 saturated carbocycles. The fourth-order valence-electron chi connectivity index (χ4n) is 7.87. The second-order valence-corrected chi connectivity index (χ2v) is 12.3. The van der Waals surface area contributed by atoms with Gasteiger partial charge in [-0.05, 0) is 111 Å². The molecule has 0 aliphatic heterocycles. The van der Waals surface area contributed by atoms with Gasteiger partial charge in [0.05, 0.1) is 11.0 Å². The Labute approximate surface area is 257 Å². The number of nitrogens with zero attached hydrogens (tertiary/aromatic N) is 1. The first kappa shape index (κ1) is 25.1. The van der Waals surface area contributed by atoms with Gasteiger partial charge in [-0.3, -0.25) is 0 Å². The topological polar surface area (TPSA) is 4.93 Å². The van der Waals surface area contributed by atoms with Crippen LogP contribution in [0.25, 0.3) is 82.1 Å². The van der Waals surface area contributed by atoms with Crippen LogP contribution in [0.5, 0.6) is 0 Å². The molecule has 1 heteroatoms. The molecule has 0 amide bonds. The highest BCUT2D eigenvalue weighted by Crippen LogP contribution is 2.43. The van der Waals surface area contributed by atoms with Crippen LogP contribution >= 0.6 is 0 Å². The average molecular weight is 562 g/mol. The predicted molar refractivity (Wildman–Crippen MR) is 190 cm³/mol. The molecule has 0 unspecified atom stereocenters. The first-order valence-corrected chi connectivity index (χ1v) is 15.4. The quantitative estimate of drug-likeness (QED) is 0.189. The summed E-state index contributed by atoms with van der Waals surface area (Å²) in [5, 5.41) is 10.5. The summed E-state index contributed by atoms with van der Waals surface area (Å²) < 4.78 is 2.38. The van der Waals surface area contributed by atoms with E-state index in [4.69, 9.17) is 0 Å². The molecule has 0 radical (unpaired) electrons. The fraction of sp³-hybridized carbons (Fsp3) is 0.0698. The molecule has 1 nitrogen and oxygen atoms in total. The van der Waals surface area contributed by atoms with E-state index in [0.717, 1.165) is 0 Å².